The van der Waals surface area contributed by atoms with Crippen LogP contribution in [0.2, 0.25) is 0 Å². The molecule has 6 nitrogen and oxygen atoms in total. The number of aromatic nitrogens is 2. The van der Waals surface area contributed by atoms with Crippen molar-refractivity contribution >= 4 is 27.9 Å². The molecule has 0 radical (unpaired) electrons. The van der Waals surface area contributed by atoms with E-state index in [1.807, 2.05) is 6.07 Å². The highest BCUT2D eigenvalue weighted by Gasteiger charge is 2.14. The van der Waals surface area contributed by atoms with Crippen molar-refractivity contribution in [2.24, 2.45) is 0 Å². The van der Waals surface area contributed by atoms with Crippen LogP contribution in [0.5, 0.6) is 0 Å². The highest BCUT2D eigenvalue weighted by atomic mass is 16.5. The number of ether oxygens (including phenoxy) is 1. The van der Waals surface area contributed by atoms with Gasteiger partial charge in [0.05, 0.1) is 23.8 Å². The van der Waals surface area contributed by atoms with E-state index in [2.05, 4.69) is 9.97 Å². The van der Waals surface area contributed by atoms with Crippen molar-refractivity contribution in [3.63, 3.8) is 0 Å². The number of H-pyrrole nitrogens is 2. The van der Waals surface area contributed by atoms with Gasteiger partial charge in [0.2, 0.25) is 5.43 Å². The molecule has 104 valence electrons. The fourth-order valence-electron chi connectivity index (χ4n) is 2.27. The normalized spacial score (nSPS) is 10.7. The van der Waals surface area contributed by atoms with Gasteiger partial charge < -0.3 is 14.7 Å². The summed E-state index contributed by atoms with van der Waals surface area (Å²) in [6, 6.07) is 8.30. The van der Waals surface area contributed by atoms with Crippen LogP contribution in [0.4, 0.5) is 0 Å². The Bertz CT molecular complexity index is 960. The second-order valence-corrected chi connectivity index (χ2v) is 4.51. The zero-order valence-corrected chi connectivity index (χ0v) is 11.2. The van der Waals surface area contributed by atoms with Gasteiger partial charge in [-0.1, -0.05) is 0 Å². The molecule has 0 bridgehead atoms. The molecule has 0 fully saturated rings. The van der Waals surface area contributed by atoms with E-state index in [4.69, 9.17) is 10.00 Å². The second kappa shape index (κ2) is 4.80. The number of carbonyl (C=O) groups is 1. The number of nitrogens with zero attached hydrogens (tertiary/aromatic N) is 1. The minimum atomic E-state index is -0.570. The molecule has 6 heteroatoms. The number of hydrogen-bond acceptors (Lipinski definition) is 4. The first-order chi connectivity index (χ1) is 10.1. The zero-order valence-electron chi connectivity index (χ0n) is 11.2. The number of nitrogens with one attached hydrogen (secondary N) is 2. The summed E-state index contributed by atoms with van der Waals surface area (Å²) in [6.07, 6.45) is 0. The van der Waals surface area contributed by atoms with Crippen LogP contribution >= 0.6 is 0 Å². The number of esters is 1. The number of carbonyl (C=O) groups excluding carboxylic acids is 1. The maximum atomic E-state index is 12.1. The Morgan fingerprint density at radius 2 is 2.10 bits per heavy atom. The van der Waals surface area contributed by atoms with Crippen molar-refractivity contribution in [1.82, 2.24) is 9.97 Å². The summed E-state index contributed by atoms with van der Waals surface area (Å²) in [4.78, 5) is 29.8. The first kappa shape index (κ1) is 12.9. The number of aromatic amines is 2. The van der Waals surface area contributed by atoms with Crippen molar-refractivity contribution in [2.75, 3.05) is 6.61 Å². The van der Waals surface area contributed by atoms with Crippen LogP contribution in [0.25, 0.3) is 21.9 Å². The second-order valence-electron chi connectivity index (χ2n) is 4.51. The Morgan fingerprint density at radius 1 is 1.29 bits per heavy atom. The van der Waals surface area contributed by atoms with E-state index in [0.29, 0.717) is 22.1 Å². The van der Waals surface area contributed by atoms with E-state index >= 15 is 0 Å². The summed E-state index contributed by atoms with van der Waals surface area (Å²) < 4.78 is 4.89. The molecule has 2 aromatic heterocycles. The van der Waals surface area contributed by atoms with Crippen molar-refractivity contribution in [2.45, 2.75) is 6.92 Å². The van der Waals surface area contributed by atoms with Crippen LogP contribution in [0.1, 0.15) is 23.0 Å². The van der Waals surface area contributed by atoms with Gasteiger partial charge in [-0.15, -0.1) is 0 Å². The summed E-state index contributed by atoms with van der Waals surface area (Å²) in [5.74, 6) is -0.570. The highest BCUT2D eigenvalue weighted by Crippen LogP contribution is 2.23. The first-order valence-electron chi connectivity index (χ1n) is 6.40. The molecule has 0 atom stereocenters. The molecule has 2 N–H and O–H groups in total. The monoisotopic (exact) mass is 281 g/mol. The van der Waals surface area contributed by atoms with Gasteiger partial charge in [0.1, 0.15) is 11.2 Å². The molecule has 0 aliphatic carbocycles. The molecule has 0 unspecified atom stereocenters. The van der Waals surface area contributed by atoms with E-state index in [0.717, 1.165) is 5.39 Å². The summed E-state index contributed by atoms with van der Waals surface area (Å²) in [7, 11) is 0. The molecule has 0 saturated carbocycles. The van der Waals surface area contributed by atoms with Crippen molar-refractivity contribution in [3.8, 4) is 6.07 Å². The molecule has 0 spiro atoms. The van der Waals surface area contributed by atoms with E-state index in [1.54, 1.807) is 25.1 Å². The fraction of sp³-hybridized carbons (Fsp3) is 0.133. The third-order valence-electron chi connectivity index (χ3n) is 3.20. The van der Waals surface area contributed by atoms with Gasteiger partial charge in [0.15, 0.2) is 0 Å². The molecule has 0 aliphatic heterocycles. The molecular weight excluding hydrogens is 270 g/mol. The Hall–Kier alpha value is -3.07. The maximum Gasteiger partial charge on any atom is 0.354 e. The van der Waals surface area contributed by atoms with Gasteiger partial charge in [-0.3, -0.25) is 4.79 Å². The van der Waals surface area contributed by atoms with Gasteiger partial charge in [-0.25, -0.2) is 4.79 Å². The molecule has 0 amide bonds. The summed E-state index contributed by atoms with van der Waals surface area (Å²) >= 11 is 0. The fourth-order valence-corrected chi connectivity index (χ4v) is 2.27. The highest BCUT2D eigenvalue weighted by molar-refractivity contribution is 6.06. The maximum absolute atomic E-state index is 12.1. The number of rotatable bonds is 2. The lowest BCUT2D eigenvalue weighted by Gasteiger charge is -2.01. The summed E-state index contributed by atoms with van der Waals surface area (Å²) in [5, 5.41) is 9.65. The molecule has 1 aromatic carbocycles. The molecule has 21 heavy (non-hydrogen) atoms. The quantitative estimate of drug-likeness (QED) is 0.702. The van der Waals surface area contributed by atoms with Crippen molar-refractivity contribution in [1.29, 1.82) is 5.26 Å². The average Bonchev–Trinajstić information content (AvgIpc) is 2.85. The third-order valence-corrected chi connectivity index (χ3v) is 3.20. The van der Waals surface area contributed by atoms with Crippen LogP contribution in [-0.4, -0.2) is 22.5 Å². The van der Waals surface area contributed by atoms with Crippen LogP contribution < -0.4 is 5.43 Å². The lowest BCUT2D eigenvalue weighted by molar-refractivity contribution is 0.0520. The molecule has 2 heterocycles. The number of hydrogen-bond donors (Lipinski definition) is 2. The number of nitriles is 1. The Balaban J connectivity index is 2.31. The topological polar surface area (TPSA) is 98.7 Å². The van der Waals surface area contributed by atoms with Crippen LogP contribution in [0, 0.1) is 11.3 Å². The van der Waals surface area contributed by atoms with E-state index in [1.165, 1.54) is 6.07 Å². The van der Waals surface area contributed by atoms with Gasteiger partial charge in [0.25, 0.3) is 0 Å². The average molecular weight is 281 g/mol. The lowest BCUT2D eigenvalue weighted by Crippen LogP contribution is -2.12. The minimum absolute atomic E-state index is 0.111. The number of fused-ring (bicyclic) bond motifs is 3. The predicted molar refractivity (Wildman–Crippen MR) is 77.1 cm³/mol. The predicted octanol–water partition coefficient (Wildman–Crippen LogP) is 2.06. The van der Waals surface area contributed by atoms with Crippen LogP contribution in [-0.2, 0) is 4.74 Å². The van der Waals surface area contributed by atoms with Crippen LogP contribution in [0.3, 0.4) is 0 Å². The van der Waals surface area contributed by atoms with E-state index in [9.17, 15) is 9.59 Å². The third kappa shape index (κ3) is 2.05. The Morgan fingerprint density at radius 3 is 2.81 bits per heavy atom. The first-order valence-corrected chi connectivity index (χ1v) is 6.40. The number of benzene rings is 1. The summed E-state index contributed by atoms with van der Waals surface area (Å²) in [6.45, 7) is 1.93. The zero-order chi connectivity index (χ0) is 15.0. The Labute approximate surface area is 119 Å². The molecule has 3 rings (SSSR count). The molecular formula is C15H11N3O3. The van der Waals surface area contributed by atoms with Gasteiger partial charge in [0, 0.05) is 17.0 Å². The van der Waals surface area contributed by atoms with Gasteiger partial charge in [-0.05, 0) is 25.1 Å². The Kier molecular flexibility index (Phi) is 2.95. The molecule has 0 saturated heterocycles. The van der Waals surface area contributed by atoms with Gasteiger partial charge >= 0.3 is 5.97 Å². The van der Waals surface area contributed by atoms with Crippen molar-refractivity contribution < 1.29 is 9.53 Å². The van der Waals surface area contributed by atoms with Gasteiger partial charge in [-0.2, -0.15) is 5.26 Å². The smallest absolute Gasteiger partial charge is 0.354 e. The van der Waals surface area contributed by atoms with E-state index in [-0.39, 0.29) is 17.7 Å². The van der Waals surface area contributed by atoms with Crippen molar-refractivity contribution in [3.05, 3.63) is 45.7 Å². The lowest BCUT2D eigenvalue weighted by atomic mass is 10.1. The van der Waals surface area contributed by atoms with E-state index < -0.39 is 5.97 Å². The molecule has 0 aliphatic rings. The SMILES string of the molecule is CCOC(=O)c1cc(=O)c2[nH]c3cc(C#N)ccc3c2[nH]1. The number of pyridine rings is 1. The molecule has 3 aromatic rings. The minimum Gasteiger partial charge on any atom is -0.461 e. The largest absolute Gasteiger partial charge is 0.461 e. The van der Waals surface area contributed by atoms with Crippen LogP contribution in [0.15, 0.2) is 29.1 Å². The summed E-state index contributed by atoms with van der Waals surface area (Å²) in [5.41, 5.74) is 1.87. The standard InChI is InChI=1S/C15H11N3O3/c1-2-21-15(20)11-6-12(19)14-13(18-11)9-4-3-8(7-16)5-10(9)17-14/h3-6,17H,2H2,1H3,(H,18,19).